The van der Waals surface area contributed by atoms with Gasteiger partial charge in [0, 0.05) is 11.5 Å². The number of carbonyl (C=O) groups is 1. The summed E-state index contributed by atoms with van der Waals surface area (Å²) < 4.78 is 6.19. The molecule has 0 aromatic heterocycles. The van der Waals surface area contributed by atoms with Crippen molar-refractivity contribution in [3.8, 4) is 0 Å². The molecule has 9 atom stereocenters. The van der Waals surface area contributed by atoms with Gasteiger partial charge >= 0.3 is 5.97 Å². The Hall–Kier alpha value is -2.13. The second kappa shape index (κ2) is 12.9. The first kappa shape index (κ1) is 33.2. The molecule has 1 N–H and O–H groups in total. The lowest BCUT2D eigenvalue weighted by Crippen LogP contribution is -2.55. The minimum absolute atomic E-state index is 0.106. The fourth-order valence-electron chi connectivity index (χ4n) is 10.8. The van der Waals surface area contributed by atoms with Gasteiger partial charge in [-0.15, -0.1) is 0 Å². The van der Waals surface area contributed by atoms with Gasteiger partial charge in [0.15, 0.2) is 0 Å². The van der Waals surface area contributed by atoms with Gasteiger partial charge in [-0.2, -0.15) is 0 Å². The monoisotopic (exact) mass is 600 g/mol. The Kier molecular flexibility index (Phi) is 9.77. The van der Waals surface area contributed by atoms with Crippen LogP contribution in [0.1, 0.15) is 137 Å². The highest BCUT2D eigenvalue weighted by atomic mass is 16.5. The van der Waals surface area contributed by atoms with Gasteiger partial charge in [-0.25, -0.2) is 4.79 Å². The van der Waals surface area contributed by atoms with E-state index in [4.69, 9.17) is 4.74 Å². The lowest BCUT2D eigenvalue weighted by Gasteiger charge is -2.61. The Morgan fingerprint density at radius 3 is 2.41 bits per heavy atom. The van der Waals surface area contributed by atoms with E-state index in [2.05, 4.69) is 60.6 Å². The van der Waals surface area contributed by atoms with Crippen molar-refractivity contribution >= 4 is 12.0 Å². The lowest BCUT2D eigenvalue weighted by molar-refractivity contribution is -0.153. The fraction of sp³-hybridized carbons (Fsp3) is 0.683. The highest BCUT2D eigenvalue weighted by Gasteiger charge is 2.61. The SMILES string of the molecule is CC(C)=CCCCC(C)C1CCC2C3CC=C4C(C)(C)C(OC(=O)C=Cc5ccc(C(C)O)cc5)CCC4(C)C3CCC12C. The summed E-state index contributed by atoms with van der Waals surface area (Å²) in [5.41, 5.74) is 5.33. The molecule has 3 heteroatoms. The van der Waals surface area contributed by atoms with Crippen molar-refractivity contribution < 1.29 is 14.6 Å². The van der Waals surface area contributed by atoms with Crippen molar-refractivity contribution in [3.63, 3.8) is 0 Å². The van der Waals surface area contributed by atoms with Gasteiger partial charge in [0.25, 0.3) is 0 Å². The number of esters is 1. The van der Waals surface area contributed by atoms with Gasteiger partial charge in [0.05, 0.1) is 6.10 Å². The topological polar surface area (TPSA) is 46.5 Å². The zero-order valence-corrected chi connectivity index (χ0v) is 29.0. The molecule has 5 rings (SSSR count). The first-order valence-electron chi connectivity index (χ1n) is 17.8. The summed E-state index contributed by atoms with van der Waals surface area (Å²) in [5, 5.41) is 9.76. The average molecular weight is 601 g/mol. The highest BCUT2D eigenvalue weighted by Crippen LogP contribution is 2.69. The van der Waals surface area contributed by atoms with E-state index >= 15 is 0 Å². The van der Waals surface area contributed by atoms with Crippen molar-refractivity contribution in [2.24, 2.45) is 45.8 Å². The molecule has 1 aromatic rings. The van der Waals surface area contributed by atoms with Crippen LogP contribution in [0.5, 0.6) is 0 Å². The quantitative estimate of drug-likeness (QED) is 0.133. The number of rotatable bonds is 9. The van der Waals surface area contributed by atoms with Gasteiger partial charge in [0.1, 0.15) is 6.10 Å². The number of aliphatic hydroxyl groups is 1. The first-order chi connectivity index (χ1) is 20.8. The second-order valence-corrected chi connectivity index (χ2v) is 16.4. The van der Waals surface area contributed by atoms with Gasteiger partial charge in [-0.05, 0) is 136 Å². The molecule has 0 amide bonds. The Morgan fingerprint density at radius 1 is 1.00 bits per heavy atom. The van der Waals surface area contributed by atoms with E-state index in [1.54, 1.807) is 18.6 Å². The number of ether oxygens (including phenoxy) is 1. The van der Waals surface area contributed by atoms with Crippen LogP contribution in [0.25, 0.3) is 6.08 Å². The van der Waals surface area contributed by atoms with Crippen LogP contribution in [0, 0.1) is 45.8 Å². The maximum absolute atomic E-state index is 13.0. The largest absolute Gasteiger partial charge is 0.458 e. The van der Waals surface area contributed by atoms with Crippen molar-refractivity contribution in [1.29, 1.82) is 0 Å². The number of hydrogen-bond acceptors (Lipinski definition) is 3. The predicted molar refractivity (Wildman–Crippen MR) is 183 cm³/mol. The molecule has 3 nitrogen and oxygen atoms in total. The predicted octanol–water partition coefficient (Wildman–Crippen LogP) is 10.7. The molecule has 1 aromatic carbocycles. The summed E-state index contributed by atoms with van der Waals surface area (Å²) in [4.78, 5) is 13.0. The highest BCUT2D eigenvalue weighted by molar-refractivity contribution is 5.87. The molecule has 0 bridgehead atoms. The average Bonchev–Trinajstić information content (AvgIpc) is 3.33. The molecular formula is C41H60O3. The Morgan fingerprint density at radius 2 is 1.73 bits per heavy atom. The summed E-state index contributed by atoms with van der Waals surface area (Å²) in [6.45, 7) is 18.6. The minimum atomic E-state index is -0.494. The van der Waals surface area contributed by atoms with Crippen LogP contribution in [0.3, 0.4) is 0 Å². The maximum atomic E-state index is 13.0. The van der Waals surface area contributed by atoms with Crippen LogP contribution >= 0.6 is 0 Å². The van der Waals surface area contributed by atoms with Crippen molar-refractivity contribution in [3.05, 3.63) is 64.8 Å². The van der Waals surface area contributed by atoms with E-state index in [-0.39, 0.29) is 22.9 Å². The first-order valence-corrected chi connectivity index (χ1v) is 17.8. The van der Waals surface area contributed by atoms with Gasteiger partial charge in [-0.3, -0.25) is 0 Å². The van der Waals surface area contributed by atoms with Crippen LogP contribution < -0.4 is 0 Å². The molecule has 4 aliphatic rings. The lowest BCUT2D eigenvalue weighted by atomic mass is 9.44. The summed E-state index contributed by atoms with van der Waals surface area (Å²) in [5.74, 6) is 3.81. The van der Waals surface area contributed by atoms with Crippen LogP contribution in [0.2, 0.25) is 0 Å². The summed E-state index contributed by atoms with van der Waals surface area (Å²) in [6, 6.07) is 7.66. The van der Waals surface area contributed by atoms with Crippen LogP contribution in [0.4, 0.5) is 0 Å². The van der Waals surface area contributed by atoms with Crippen LogP contribution in [0.15, 0.2) is 53.6 Å². The molecular weight excluding hydrogens is 540 g/mol. The van der Waals surface area contributed by atoms with E-state index < -0.39 is 6.10 Å². The number of fused-ring (bicyclic) bond motifs is 5. The van der Waals surface area contributed by atoms with E-state index in [9.17, 15) is 9.90 Å². The zero-order valence-electron chi connectivity index (χ0n) is 29.0. The molecule has 242 valence electrons. The molecule has 0 radical (unpaired) electrons. The van der Waals surface area contributed by atoms with Crippen LogP contribution in [-0.4, -0.2) is 17.2 Å². The van der Waals surface area contributed by atoms with Crippen molar-refractivity contribution in [2.45, 2.75) is 132 Å². The number of hydrogen-bond donors (Lipinski definition) is 1. The Bertz CT molecular complexity index is 1260. The molecule has 0 aliphatic heterocycles. The van der Waals surface area contributed by atoms with Crippen molar-refractivity contribution in [2.75, 3.05) is 0 Å². The molecule has 3 fully saturated rings. The third-order valence-corrected chi connectivity index (χ3v) is 13.2. The maximum Gasteiger partial charge on any atom is 0.331 e. The molecule has 44 heavy (non-hydrogen) atoms. The number of aliphatic hydroxyl groups excluding tert-OH is 1. The van der Waals surface area contributed by atoms with Crippen molar-refractivity contribution in [1.82, 2.24) is 0 Å². The molecule has 0 heterocycles. The van der Waals surface area contributed by atoms with Gasteiger partial charge < -0.3 is 9.84 Å². The molecule has 3 saturated carbocycles. The summed E-state index contributed by atoms with van der Waals surface area (Å²) in [6.07, 6.45) is 20.5. The third kappa shape index (κ3) is 6.29. The van der Waals surface area contributed by atoms with E-state index in [1.807, 2.05) is 30.3 Å². The van der Waals surface area contributed by atoms with Gasteiger partial charge in [0.2, 0.25) is 0 Å². The van der Waals surface area contributed by atoms with E-state index in [0.717, 1.165) is 53.6 Å². The standard InChI is InChI=1S/C41H60O3/c1-27(2)11-9-10-12-28(3)33-19-20-34-32-18-21-36-39(5,6)37(24-26-41(36,8)35(32)23-25-40(33,34)7)44-38(43)22-15-30-13-16-31(17-14-30)29(4)42/h11,13-17,21-22,28-29,32-35,37,42H,9-10,12,18-20,23-26H2,1-8H3. The van der Waals surface area contributed by atoms with E-state index in [0.29, 0.717) is 5.41 Å². The molecule has 9 unspecified atom stereocenters. The normalized spacial score (nSPS) is 35.6. The number of unbranched alkanes of at least 4 members (excludes halogenated alkanes) is 1. The van der Waals surface area contributed by atoms with Gasteiger partial charge in [-0.1, -0.05) is 88.6 Å². The van der Waals surface area contributed by atoms with Crippen LogP contribution in [-0.2, 0) is 9.53 Å². The Balaban J connectivity index is 1.25. The number of allylic oxidation sites excluding steroid dienone is 3. The summed E-state index contributed by atoms with van der Waals surface area (Å²) >= 11 is 0. The second-order valence-electron chi connectivity index (χ2n) is 16.4. The number of carbonyl (C=O) groups excluding carboxylic acids is 1. The molecule has 0 saturated heterocycles. The summed E-state index contributed by atoms with van der Waals surface area (Å²) in [7, 11) is 0. The smallest absolute Gasteiger partial charge is 0.331 e. The van der Waals surface area contributed by atoms with E-state index in [1.165, 1.54) is 56.9 Å². The minimum Gasteiger partial charge on any atom is -0.458 e. The number of benzene rings is 1. The third-order valence-electron chi connectivity index (χ3n) is 13.2. The fourth-order valence-corrected chi connectivity index (χ4v) is 10.8. The Labute approximate surface area is 268 Å². The molecule has 4 aliphatic carbocycles. The molecule has 0 spiro atoms. The zero-order chi connectivity index (χ0) is 31.9.